The van der Waals surface area contributed by atoms with Gasteiger partial charge < -0.3 is 11.5 Å². The number of nitrogens with zero attached hydrogens (tertiary/aromatic N) is 2. The Morgan fingerprint density at radius 3 is 1.90 bits per heavy atom. The number of hydrogen-bond acceptors (Lipinski definition) is 4. The van der Waals surface area contributed by atoms with Crippen LogP contribution < -0.4 is 11.5 Å². The maximum Gasteiger partial charge on any atom is 0.123 e. The average molecular weight is 397 g/mol. The molecule has 2 heterocycles. The summed E-state index contributed by atoms with van der Waals surface area (Å²) in [6.07, 6.45) is 3.78. The van der Waals surface area contributed by atoms with Crippen LogP contribution >= 0.6 is 0 Å². The van der Waals surface area contributed by atoms with Gasteiger partial charge in [0.15, 0.2) is 0 Å². The minimum atomic E-state index is 0.595. The van der Waals surface area contributed by atoms with E-state index in [1.165, 1.54) is 27.5 Å². The molecule has 0 spiro atoms. The molecule has 0 atom stereocenters. The summed E-state index contributed by atoms with van der Waals surface area (Å²) in [4.78, 5) is 8.71. The van der Waals surface area contributed by atoms with E-state index in [0.29, 0.717) is 11.6 Å². The second kappa shape index (κ2) is 8.54. The van der Waals surface area contributed by atoms with E-state index in [9.17, 15) is 0 Å². The maximum atomic E-state index is 5.88. The molecule has 0 bridgehead atoms. The van der Waals surface area contributed by atoms with Gasteiger partial charge in [-0.05, 0) is 96.8 Å². The minimum Gasteiger partial charge on any atom is -0.384 e. The van der Waals surface area contributed by atoms with E-state index >= 15 is 0 Å². The number of aromatic nitrogens is 2. The molecule has 0 amide bonds. The van der Waals surface area contributed by atoms with Gasteiger partial charge in [0.05, 0.1) is 0 Å². The molecule has 0 aliphatic heterocycles. The van der Waals surface area contributed by atoms with Gasteiger partial charge in [-0.25, -0.2) is 9.97 Å². The van der Waals surface area contributed by atoms with E-state index in [2.05, 4.69) is 65.4 Å². The number of rotatable bonds is 6. The van der Waals surface area contributed by atoms with Gasteiger partial charge in [0.25, 0.3) is 0 Å². The van der Waals surface area contributed by atoms with E-state index in [-0.39, 0.29) is 0 Å². The van der Waals surface area contributed by atoms with Crippen LogP contribution in [0.4, 0.5) is 11.6 Å². The highest BCUT2D eigenvalue weighted by Gasteiger charge is 2.04. The highest BCUT2D eigenvalue weighted by atomic mass is 14.8. The van der Waals surface area contributed by atoms with Crippen LogP contribution in [0.1, 0.15) is 33.6 Å². The molecule has 30 heavy (non-hydrogen) atoms. The first kappa shape index (κ1) is 19.9. The van der Waals surface area contributed by atoms with Gasteiger partial charge in [-0.1, -0.05) is 36.4 Å². The summed E-state index contributed by atoms with van der Waals surface area (Å²) in [6.45, 7) is 4.04. The number of aryl methyl sites for hydroxylation is 6. The van der Waals surface area contributed by atoms with Crippen molar-refractivity contribution in [2.45, 2.75) is 39.5 Å². The maximum absolute atomic E-state index is 5.88. The molecule has 0 aliphatic rings. The van der Waals surface area contributed by atoms with Gasteiger partial charge >= 0.3 is 0 Å². The number of nitrogen functional groups attached to an aromatic ring is 2. The van der Waals surface area contributed by atoms with Crippen LogP contribution in [0.15, 0.2) is 60.7 Å². The smallest absolute Gasteiger partial charge is 0.123 e. The first-order valence-corrected chi connectivity index (χ1v) is 10.4. The fourth-order valence-corrected chi connectivity index (χ4v) is 4.03. The summed E-state index contributed by atoms with van der Waals surface area (Å²) in [5, 5.41) is 2.55. The predicted molar refractivity (Wildman–Crippen MR) is 126 cm³/mol. The monoisotopic (exact) mass is 396 g/mol. The lowest BCUT2D eigenvalue weighted by atomic mass is 9.98. The average Bonchev–Trinajstić information content (AvgIpc) is 2.69. The largest absolute Gasteiger partial charge is 0.384 e. The van der Waals surface area contributed by atoms with Crippen molar-refractivity contribution in [1.82, 2.24) is 9.97 Å². The van der Waals surface area contributed by atoms with Crippen LogP contribution in [0.2, 0.25) is 0 Å². The van der Waals surface area contributed by atoms with Crippen LogP contribution in [0.25, 0.3) is 10.8 Å². The molecule has 0 fully saturated rings. The number of hydrogen-bond donors (Lipinski definition) is 2. The lowest BCUT2D eigenvalue weighted by molar-refractivity contribution is 0.914. The highest BCUT2D eigenvalue weighted by molar-refractivity contribution is 5.83. The van der Waals surface area contributed by atoms with Crippen molar-refractivity contribution < 1.29 is 0 Å². The van der Waals surface area contributed by atoms with E-state index in [4.69, 9.17) is 11.5 Å². The number of nitrogens with two attached hydrogens (primary N) is 2. The van der Waals surface area contributed by atoms with Crippen LogP contribution in [0.3, 0.4) is 0 Å². The van der Waals surface area contributed by atoms with Gasteiger partial charge in [-0.2, -0.15) is 0 Å². The molecule has 0 saturated carbocycles. The lowest BCUT2D eigenvalue weighted by Crippen LogP contribution is -1.99. The van der Waals surface area contributed by atoms with Gasteiger partial charge in [-0.15, -0.1) is 0 Å². The molecule has 4 N–H and O–H groups in total. The van der Waals surface area contributed by atoms with Crippen molar-refractivity contribution in [2.75, 3.05) is 11.5 Å². The standard InChI is InChI=1S/C26H28N4/c1-17-11-24(30-25(27)12-17)10-7-20-6-9-22-8-5-19(14-23(22)15-20)3-4-21-13-18(2)29-26(28)16-21/h5-6,8-9,11-16H,3-4,7,10H2,1-2H3,(H2,27,30)(H2,28,29). The Morgan fingerprint density at radius 2 is 1.23 bits per heavy atom. The predicted octanol–water partition coefficient (Wildman–Crippen LogP) is 4.98. The number of fused-ring (bicyclic) bond motifs is 1. The van der Waals surface area contributed by atoms with E-state index in [1.807, 2.05) is 19.1 Å². The van der Waals surface area contributed by atoms with Crippen LogP contribution in [0.5, 0.6) is 0 Å². The number of pyridine rings is 2. The van der Waals surface area contributed by atoms with Crippen LogP contribution in [-0.2, 0) is 25.7 Å². The molecular weight excluding hydrogens is 368 g/mol. The van der Waals surface area contributed by atoms with E-state index < -0.39 is 0 Å². The Morgan fingerprint density at radius 1 is 0.600 bits per heavy atom. The summed E-state index contributed by atoms with van der Waals surface area (Å²) in [5.74, 6) is 1.19. The highest BCUT2D eigenvalue weighted by Crippen LogP contribution is 2.21. The Bertz CT molecular complexity index is 1070. The van der Waals surface area contributed by atoms with Crippen LogP contribution in [-0.4, -0.2) is 9.97 Å². The summed E-state index contributed by atoms with van der Waals surface area (Å²) < 4.78 is 0. The second-order valence-electron chi connectivity index (χ2n) is 8.12. The van der Waals surface area contributed by atoms with Crippen molar-refractivity contribution in [1.29, 1.82) is 0 Å². The quantitative estimate of drug-likeness (QED) is 0.482. The zero-order chi connectivity index (χ0) is 21.1. The Balaban J connectivity index is 1.47. The minimum absolute atomic E-state index is 0.595. The normalized spacial score (nSPS) is 11.1. The fraction of sp³-hybridized carbons (Fsp3) is 0.231. The van der Waals surface area contributed by atoms with E-state index in [0.717, 1.165) is 42.6 Å². The summed E-state index contributed by atoms with van der Waals surface area (Å²) in [5.41, 5.74) is 18.8. The summed E-state index contributed by atoms with van der Waals surface area (Å²) >= 11 is 0. The van der Waals surface area contributed by atoms with Crippen molar-refractivity contribution >= 4 is 22.4 Å². The van der Waals surface area contributed by atoms with Crippen molar-refractivity contribution in [3.8, 4) is 0 Å². The number of anilines is 2. The van der Waals surface area contributed by atoms with E-state index in [1.54, 1.807) is 0 Å². The molecule has 0 saturated heterocycles. The number of benzene rings is 2. The van der Waals surface area contributed by atoms with Crippen molar-refractivity contribution in [2.24, 2.45) is 0 Å². The molecule has 0 aliphatic carbocycles. The zero-order valence-electron chi connectivity index (χ0n) is 17.7. The van der Waals surface area contributed by atoms with Crippen molar-refractivity contribution in [3.05, 3.63) is 94.3 Å². The third-order valence-electron chi connectivity index (χ3n) is 5.42. The van der Waals surface area contributed by atoms with Crippen molar-refractivity contribution in [3.63, 3.8) is 0 Å². The molecule has 4 heteroatoms. The molecule has 2 aromatic heterocycles. The summed E-state index contributed by atoms with van der Waals surface area (Å²) in [7, 11) is 0. The SMILES string of the molecule is Cc1cc(N)nc(CCc2ccc3ccc(CCc4cc(C)nc(N)c4)cc3c2)c1. The van der Waals surface area contributed by atoms with Gasteiger partial charge in [0.1, 0.15) is 11.6 Å². The Labute approximate surface area is 178 Å². The van der Waals surface area contributed by atoms with Gasteiger partial charge in [0.2, 0.25) is 0 Å². The van der Waals surface area contributed by atoms with Gasteiger partial charge in [0, 0.05) is 11.4 Å². The second-order valence-corrected chi connectivity index (χ2v) is 8.12. The summed E-state index contributed by atoms with van der Waals surface area (Å²) in [6, 6.07) is 21.6. The molecule has 2 aromatic carbocycles. The Hall–Kier alpha value is -3.40. The Kier molecular flexibility index (Phi) is 5.66. The molecule has 4 aromatic rings. The third kappa shape index (κ3) is 4.95. The van der Waals surface area contributed by atoms with Crippen LogP contribution in [0, 0.1) is 13.8 Å². The fourth-order valence-electron chi connectivity index (χ4n) is 4.03. The molecule has 152 valence electrons. The lowest BCUT2D eigenvalue weighted by Gasteiger charge is -2.08. The first-order chi connectivity index (χ1) is 14.4. The molecular formula is C26H28N4. The zero-order valence-corrected chi connectivity index (χ0v) is 17.7. The molecule has 0 unspecified atom stereocenters. The van der Waals surface area contributed by atoms with Gasteiger partial charge in [-0.3, -0.25) is 0 Å². The first-order valence-electron chi connectivity index (χ1n) is 10.4. The molecule has 4 rings (SSSR count). The topological polar surface area (TPSA) is 77.8 Å². The molecule has 0 radical (unpaired) electrons. The third-order valence-corrected chi connectivity index (χ3v) is 5.42. The molecule has 4 nitrogen and oxygen atoms in total.